The second-order valence-electron chi connectivity index (χ2n) is 11.0. The van der Waals surface area contributed by atoms with Crippen LogP contribution in [0.25, 0.3) is 11.3 Å². The third kappa shape index (κ3) is 7.62. The van der Waals surface area contributed by atoms with Crippen molar-refractivity contribution in [3.05, 3.63) is 84.4 Å². The van der Waals surface area contributed by atoms with Gasteiger partial charge in [0.05, 0.1) is 17.5 Å². The predicted octanol–water partition coefficient (Wildman–Crippen LogP) is 4.68. The van der Waals surface area contributed by atoms with Crippen molar-refractivity contribution in [2.24, 2.45) is 0 Å². The summed E-state index contributed by atoms with van der Waals surface area (Å²) in [7, 11) is 0. The van der Waals surface area contributed by atoms with Gasteiger partial charge in [-0.25, -0.2) is 24.5 Å². The Kier molecular flexibility index (Phi) is 8.65. The minimum atomic E-state index is -1.07. The molecular formula is C31H32N8O5. The van der Waals surface area contributed by atoms with Crippen LogP contribution in [0.2, 0.25) is 0 Å². The molecule has 3 aromatic heterocycles. The van der Waals surface area contributed by atoms with Crippen molar-refractivity contribution >= 4 is 41.1 Å². The number of hydrogen-bond acceptors (Lipinski definition) is 10. The first kappa shape index (κ1) is 29.9. The summed E-state index contributed by atoms with van der Waals surface area (Å²) in [5.74, 6) is 0.130. The maximum Gasteiger partial charge on any atom is 0.410 e. The van der Waals surface area contributed by atoms with Crippen LogP contribution in [-0.4, -0.2) is 79.7 Å². The molecule has 13 heteroatoms. The number of ether oxygens (including phenoxy) is 1. The summed E-state index contributed by atoms with van der Waals surface area (Å²) in [4.78, 5) is 58.2. The van der Waals surface area contributed by atoms with Crippen molar-refractivity contribution in [3.8, 4) is 11.3 Å². The quantitative estimate of drug-likeness (QED) is 0.271. The van der Waals surface area contributed by atoms with Gasteiger partial charge >= 0.3 is 12.1 Å². The van der Waals surface area contributed by atoms with Crippen LogP contribution < -0.4 is 15.5 Å². The number of nitrogens with one attached hydrogen (secondary N) is 2. The van der Waals surface area contributed by atoms with Gasteiger partial charge in [0.1, 0.15) is 23.1 Å². The number of rotatable bonds is 7. The maximum absolute atomic E-state index is 13.0. The molecule has 0 aliphatic carbocycles. The number of aromatic carboxylic acids is 1. The Balaban J connectivity index is 1.38. The van der Waals surface area contributed by atoms with Gasteiger partial charge in [0.25, 0.3) is 5.91 Å². The number of benzene rings is 1. The lowest BCUT2D eigenvalue weighted by atomic mass is 10.1. The van der Waals surface area contributed by atoms with E-state index in [-0.39, 0.29) is 11.7 Å². The Morgan fingerprint density at radius 2 is 1.59 bits per heavy atom. The Morgan fingerprint density at radius 1 is 0.864 bits per heavy atom. The van der Waals surface area contributed by atoms with E-state index < -0.39 is 17.5 Å². The van der Waals surface area contributed by atoms with Crippen molar-refractivity contribution in [2.75, 3.05) is 41.7 Å². The molecule has 226 valence electrons. The van der Waals surface area contributed by atoms with Gasteiger partial charge < -0.3 is 30.3 Å². The SMILES string of the molecule is CC(C)(C)OC(=O)N1CCN(c2cc(-c3cc(NC(=O)c4ccc(C(=O)O)cc4)cc(Nc4cnccn4)n3)ccn2)CC1. The maximum atomic E-state index is 13.0. The second-order valence-corrected chi connectivity index (χ2v) is 11.0. The summed E-state index contributed by atoms with van der Waals surface area (Å²) in [6, 6.07) is 12.8. The van der Waals surface area contributed by atoms with E-state index in [2.05, 4.69) is 30.5 Å². The zero-order valence-corrected chi connectivity index (χ0v) is 24.5. The van der Waals surface area contributed by atoms with Crippen LogP contribution in [-0.2, 0) is 4.74 Å². The van der Waals surface area contributed by atoms with Gasteiger partial charge in [0, 0.05) is 67.7 Å². The number of nitrogens with zero attached hydrogens (tertiary/aromatic N) is 6. The second kappa shape index (κ2) is 12.7. The summed E-state index contributed by atoms with van der Waals surface area (Å²) in [5.41, 5.74) is 1.60. The van der Waals surface area contributed by atoms with E-state index in [9.17, 15) is 14.4 Å². The first-order chi connectivity index (χ1) is 21.0. The van der Waals surface area contributed by atoms with Gasteiger partial charge in [-0.2, -0.15) is 0 Å². The number of carbonyl (C=O) groups is 3. The molecule has 44 heavy (non-hydrogen) atoms. The molecule has 4 heterocycles. The molecule has 0 unspecified atom stereocenters. The van der Waals surface area contributed by atoms with Crippen LogP contribution >= 0.6 is 0 Å². The van der Waals surface area contributed by atoms with E-state index in [1.807, 2.05) is 32.9 Å². The smallest absolute Gasteiger partial charge is 0.410 e. The average Bonchev–Trinajstić information content (AvgIpc) is 3.01. The number of carboxylic acids is 1. The summed E-state index contributed by atoms with van der Waals surface area (Å²) in [6.07, 6.45) is 6.02. The fourth-order valence-corrected chi connectivity index (χ4v) is 4.47. The zero-order chi connectivity index (χ0) is 31.3. The molecule has 0 atom stereocenters. The van der Waals surface area contributed by atoms with Crippen LogP contribution in [0.4, 0.5) is 27.9 Å². The lowest BCUT2D eigenvalue weighted by Gasteiger charge is -2.36. The van der Waals surface area contributed by atoms with Crippen LogP contribution in [0.1, 0.15) is 41.5 Å². The third-order valence-electron chi connectivity index (χ3n) is 6.59. The number of amides is 2. The van der Waals surface area contributed by atoms with Crippen LogP contribution in [0.3, 0.4) is 0 Å². The first-order valence-corrected chi connectivity index (χ1v) is 13.9. The molecule has 0 radical (unpaired) electrons. The van der Waals surface area contributed by atoms with Gasteiger partial charge in [0.15, 0.2) is 0 Å². The van der Waals surface area contributed by atoms with E-state index >= 15 is 0 Å². The number of aromatic nitrogens is 4. The molecule has 1 fully saturated rings. The van der Waals surface area contributed by atoms with Crippen LogP contribution in [0.15, 0.2) is 73.3 Å². The molecule has 1 aliphatic rings. The van der Waals surface area contributed by atoms with Crippen LogP contribution in [0.5, 0.6) is 0 Å². The highest BCUT2D eigenvalue weighted by atomic mass is 16.6. The zero-order valence-electron chi connectivity index (χ0n) is 24.5. The molecule has 1 saturated heterocycles. The number of carboxylic acid groups (broad SMARTS) is 1. The molecule has 0 saturated carbocycles. The highest BCUT2D eigenvalue weighted by Gasteiger charge is 2.26. The summed E-state index contributed by atoms with van der Waals surface area (Å²) >= 11 is 0. The van der Waals surface area contributed by atoms with Crippen molar-refractivity contribution in [3.63, 3.8) is 0 Å². The van der Waals surface area contributed by atoms with Crippen molar-refractivity contribution < 1.29 is 24.2 Å². The van der Waals surface area contributed by atoms with E-state index in [4.69, 9.17) is 14.8 Å². The standard InChI is InChI=1S/C31H32N8O5/c1-31(2,3)44-30(43)39-14-12-38(13-15-39)27-16-22(8-9-34-27)24-17-23(18-25(36-24)37-26-19-32-10-11-33-26)35-28(40)20-4-6-21(7-5-20)29(41)42/h4-11,16-19H,12-15H2,1-3H3,(H,41,42)(H2,33,35,36,37,40). The summed E-state index contributed by atoms with van der Waals surface area (Å²) in [6.45, 7) is 7.70. The van der Waals surface area contributed by atoms with Gasteiger partial charge in [-0.15, -0.1) is 0 Å². The number of hydrogen-bond donors (Lipinski definition) is 3. The van der Waals surface area contributed by atoms with E-state index in [0.29, 0.717) is 54.8 Å². The topological polar surface area (TPSA) is 163 Å². The number of anilines is 4. The monoisotopic (exact) mass is 596 g/mol. The van der Waals surface area contributed by atoms with Gasteiger partial charge in [0.2, 0.25) is 0 Å². The largest absolute Gasteiger partial charge is 0.478 e. The predicted molar refractivity (Wildman–Crippen MR) is 164 cm³/mol. The van der Waals surface area contributed by atoms with Crippen LogP contribution in [0, 0.1) is 0 Å². The molecular weight excluding hydrogens is 564 g/mol. The number of piperazine rings is 1. The summed E-state index contributed by atoms with van der Waals surface area (Å²) < 4.78 is 5.51. The van der Waals surface area contributed by atoms with Gasteiger partial charge in [-0.05, 0) is 63.2 Å². The minimum Gasteiger partial charge on any atom is -0.478 e. The number of carbonyl (C=O) groups excluding carboxylic acids is 2. The molecule has 0 spiro atoms. The molecule has 2 amide bonds. The lowest BCUT2D eigenvalue weighted by molar-refractivity contribution is 0.0240. The van der Waals surface area contributed by atoms with E-state index in [0.717, 1.165) is 11.4 Å². The molecule has 4 aromatic rings. The molecule has 1 aliphatic heterocycles. The van der Waals surface area contributed by atoms with Gasteiger partial charge in [-0.1, -0.05) is 0 Å². The summed E-state index contributed by atoms with van der Waals surface area (Å²) in [5, 5.41) is 15.2. The number of pyridine rings is 2. The average molecular weight is 597 g/mol. The van der Waals surface area contributed by atoms with Crippen molar-refractivity contribution in [1.29, 1.82) is 0 Å². The molecule has 3 N–H and O–H groups in total. The molecule has 13 nitrogen and oxygen atoms in total. The molecule has 0 bridgehead atoms. The molecule has 5 rings (SSSR count). The molecule has 1 aromatic carbocycles. The normalized spacial score (nSPS) is 13.2. The lowest BCUT2D eigenvalue weighted by Crippen LogP contribution is -2.50. The highest BCUT2D eigenvalue weighted by molar-refractivity contribution is 6.05. The van der Waals surface area contributed by atoms with E-state index in [1.165, 1.54) is 24.3 Å². The Hall–Kier alpha value is -5.59. The first-order valence-electron chi connectivity index (χ1n) is 13.9. The van der Waals surface area contributed by atoms with E-state index in [1.54, 1.807) is 41.8 Å². The van der Waals surface area contributed by atoms with Crippen molar-refractivity contribution in [2.45, 2.75) is 26.4 Å². The van der Waals surface area contributed by atoms with Gasteiger partial charge in [-0.3, -0.25) is 9.78 Å². The highest BCUT2D eigenvalue weighted by Crippen LogP contribution is 2.28. The fourth-order valence-electron chi connectivity index (χ4n) is 4.47. The Morgan fingerprint density at radius 3 is 2.25 bits per heavy atom. The third-order valence-corrected chi connectivity index (χ3v) is 6.59. The fraction of sp³-hybridized carbons (Fsp3) is 0.258. The van der Waals surface area contributed by atoms with Crippen molar-refractivity contribution in [1.82, 2.24) is 24.8 Å². The Bertz CT molecular complexity index is 1650. The minimum absolute atomic E-state index is 0.0861. The Labute approximate surface area is 254 Å².